The van der Waals surface area contributed by atoms with Crippen molar-refractivity contribution in [2.75, 3.05) is 32.1 Å². The Morgan fingerprint density at radius 1 is 1.07 bits per heavy atom. The molecule has 0 bridgehead atoms. The molecule has 3 rings (SSSR count). The van der Waals surface area contributed by atoms with Crippen LogP contribution in [-0.4, -0.2) is 43.0 Å². The van der Waals surface area contributed by atoms with Crippen molar-refractivity contribution >= 4 is 56.6 Å². The van der Waals surface area contributed by atoms with Gasteiger partial charge >= 0.3 is 0 Å². The van der Waals surface area contributed by atoms with Crippen LogP contribution < -0.4 is 4.90 Å². The molecule has 0 radical (unpaired) electrons. The van der Waals surface area contributed by atoms with Gasteiger partial charge in [0.25, 0.3) is 5.91 Å². The lowest BCUT2D eigenvalue weighted by atomic mass is 10.1. The van der Waals surface area contributed by atoms with Crippen LogP contribution in [0.3, 0.4) is 0 Å². The van der Waals surface area contributed by atoms with Crippen molar-refractivity contribution in [1.82, 2.24) is 9.88 Å². The van der Waals surface area contributed by atoms with E-state index in [9.17, 15) is 4.79 Å². The van der Waals surface area contributed by atoms with Gasteiger partial charge in [-0.1, -0.05) is 29.0 Å². The van der Waals surface area contributed by atoms with Gasteiger partial charge in [0.05, 0.1) is 10.2 Å². The first kappa shape index (κ1) is 22.6. The van der Waals surface area contributed by atoms with Gasteiger partial charge in [-0.3, -0.25) is 9.69 Å². The van der Waals surface area contributed by atoms with Crippen LogP contribution in [0.15, 0.2) is 36.4 Å². The van der Waals surface area contributed by atoms with Crippen LogP contribution in [0.5, 0.6) is 0 Å². The van der Waals surface area contributed by atoms with Crippen LogP contribution in [0.1, 0.15) is 27.9 Å². The molecule has 0 atom stereocenters. The monoisotopic (exact) mass is 437 g/mol. The molecule has 0 saturated carbocycles. The number of aryl methyl sites for hydroxylation is 2. The van der Waals surface area contributed by atoms with E-state index in [1.807, 2.05) is 14.1 Å². The number of anilines is 1. The van der Waals surface area contributed by atoms with Crippen LogP contribution in [0.4, 0.5) is 5.13 Å². The molecule has 4 nitrogen and oxygen atoms in total. The van der Waals surface area contributed by atoms with Gasteiger partial charge < -0.3 is 4.90 Å². The zero-order valence-electron chi connectivity index (χ0n) is 16.5. The molecule has 3 aromatic rings. The average Bonchev–Trinajstić information content (AvgIpc) is 3.06. The van der Waals surface area contributed by atoms with Crippen molar-refractivity contribution < 1.29 is 4.79 Å². The molecule has 0 fully saturated rings. The smallest absolute Gasteiger partial charge is 0.260 e. The lowest BCUT2D eigenvalue weighted by Crippen LogP contribution is -2.33. The van der Waals surface area contributed by atoms with Crippen molar-refractivity contribution in [2.45, 2.75) is 20.3 Å². The molecule has 150 valence electrons. The second kappa shape index (κ2) is 9.70. The third kappa shape index (κ3) is 5.03. The van der Waals surface area contributed by atoms with E-state index in [1.165, 1.54) is 11.1 Å². The summed E-state index contributed by atoms with van der Waals surface area (Å²) in [5.74, 6) is -0.0427. The van der Waals surface area contributed by atoms with E-state index in [0.717, 1.165) is 28.3 Å². The maximum Gasteiger partial charge on any atom is 0.260 e. The van der Waals surface area contributed by atoms with Gasteiger partial charge in [0.15, 0.2) is 5.13 Å². The molecule has 0 unspecified atom stereocenters. The fourth-order valence-corrected chi connectivity index (χ4v) is 4.08. The summed E-state index contributed by atoms with van der Waals surface area (Å²) in [6.45, 7) is 5.70. The molecule has 0 spiro atoms. The van der Waals surface area contributed by atoms with E-state index < -0.39 is 0 Å². The first-order valence-corrected chi connectivity index (χ1v) is 10.1. The number of thiazole rings is 1. The highest BCUT2D eigenvalue weighted by Crippen LogP contribution is 2.32. The number of amides is 1. The number of carbonyl (C=O) groups excluding carboxylic acids is 1. The molecular formula is C21H25Cl2N3OS. The average molecular weight is 438 g/mol. The Hall–Kier alpha value is -1.66. The van der Waals surface area contributed by atoms with Crippen LogP contribution >= 0.6 is 35.3 Å². The molecule has 1 amide bonds. The Morgan fingerprint density at radius 3 is 2.39 bits per heavy atom. The summed E-state index contributed by atoms with van der Waals surface area (Å²) < 4.78 is 1.11. The maximum atomic E-state index is 13.2. The summed E-state index contributed by atoms with van der Waals surface area (Å²) in [6, 6.07) is 11.2. The number of carbonyl (C=O) groups is 1. The van der Waals surface area contributed by atoms with E-state index in [0.29, 0.717) is 17.1 Å². The number of hydrogen-bond donors (Lipinski definition) is 0. The Bertz CT molecular complexity index is 954. The molecule has 7 heteroatoms. The summed E-state index contributed by atoms with van der Waals surface area (Å²) >= 11 is 7.54. The van der Waals surface area contributed by atoms with E-state index in [4.69, 9.17) is 16.6 Å². The Morgan fingerprint density at radius 2 is 1.75 bits per heavy atom. The molecule has 1 aromatic heterocycles. The van der Waals surface area contributed by atoms with Gasteiger partial charge in [0, 0.05) is 17.1 Å². The third-order valence-electron chi connectivity index (χ3n) is 4.63. The summed E-state index contributed by atoms with van der Waals surface area (Å²) in [5.41, 5.74) is 3.98. The number of hydrogen-bond acceptors (Lipinski definition) is 4. The standard InChI is InChI=1S/C21H24ClN3OS.ClH/c1-14-6-11-18-19(15(14)2)23-21(27-18)25(13-5-12-24(3)4)20(26)16-7-9-17(22)10-8-16;/h6-11H,5,12-13H2,1-4H3;1H. The predicted molar refractivity (Wildman–Crippen MR) is 123 cm³/mol. The van der Waals surface area contributed by atoms with Crippen molar-refractivity contribution in [3.05, 3.63) is 58.1 Å². The maximum absolute atomic E-state index is 13.2. The van der Waals surface area contributed by atoms with Crippen molar-refractivity contribution in [2.24, 2.45) is 0 Å². The first-order valence-electron chi connectivity index (χ1n) is 8.95. The van der Waals surface area contributed by atoms with E-state index in [-0.39, 0.29) is 18.3 Å². The van der Waals surface area contributed by atoms with E-state index in [1.54, 1.807) is 40.5 Å². The van der Waals surface area contributed by atoms with Crippen LogP contribution in [0.25, 0.3) is 10.2 Å². The van der Waals surface area contributed by atoms with Gasteiger partial charge in [-0.05, 0) is 82.4 Å². The fraction of sp³-hybridized carbons (Fsp3) is 0.333. The number of halogens is 2. The Labute approximate surface area is 181 Å². The molecule has 0 aliphatic rings. The molecule has 28 heavy (non-hydrogen) atoms. The molecule has 0 saturated heterocycles. The highest BCUT2D eigenvalue weighted by molar-refractivity contribution is 7.22. The van der Waals surface area contributed by atoms with Gasteiger partial charge in [0.1, 0.15) is 0 Å². The van der Waals surface area contributed by atoms with E-state index >= 15 is 0 Å². The Kier molecular flexibility index (Phi) is 7.84. The number of aromatic nitrogens is 1. The third-order valence-corrected chi connectivity index (χ3v) is 5.92. The molecule has 1 heterocycles. The number of fused-ring (bicyclic) bond motifs is 1. The van der Waals surface area contributed by atoms with Gasteiger partial charge in [-0.25, -0.2) is 4.98 Å². The highest BCUT2D eigenvalue weighted by Gasteiger charge is 2.21. The van der Waals surface area contributed by atoms with Crippen LogP contribution in [0.2, 0.25) is 5.02 Å². The summed E-state index contributed by atoms with van der Waals surface area (Å²) in [6.07, 6.45) is 0.875. The minimum absolute atomic E-state index is 0. The lowest BCUT2D eigenvalue weighted by Gasteiger charge is -2.21. The predicted octanol–water partition coefficient (Wildman–Crippen LogP) is 5.59. The minimum Gasteiger partial charge on any atom is -0.309 e. The summed E-state index contributed by atoms with van der Waals surface area (Å²) in [4.78, 5) is 21.9. The zero-order valence-corrected chi connectivity index (χ0v) is 18.9. The van der Waals surface area contributed by atoms with Crippen molar-refractivity contribution in [1.29, 1.82) is 0 Å². The van der Waals surface area contributed by atoms with E-state index in [2.05, 4.69) is 30.9 Å². The van der Waals surface area contributed by atoms with Crippen molar-refractivity contribution in [3.8, 4) is 0 Å². The lowest BCUT2D eigenvalue weighted by molar-refractivity contribution is 0.0986. The first-order chi connectivity index (χ1) is 12.9. The zero-order chi connectivity index (χ0) is 19.6. The van der Waals surface area contributed by atoms with Crippen LogP contribution in [0, 0.1) is 13.8 Å². The molecule has 0 aliphatic heterocycles. The minimum atomic E-state index is -0.0427. The van der Waals surface area contributed by atoms with Crippen LogP contribution in [-0.2, 0) is 0 Å². The highest BCUT2D eigenvalue weighted by atomic mass is 35.5. The number of benzene rings is 2. The Balaban J connectivity index is 0.00000280. The number of rotatable bonds is 6. The topological polar surface area (TPSA) is 36.4 Å². The second-order valence-corrected chi connectivity index (χ2v) is 8.42. The van der Waals surface area contributed by atoms with Gasteiger partial charge in [-0.2, -0.15) is 0 Å². The second-order valence-electron chi connectivity index (χ2n) is 6.97. The normalized spacial score (nSPS) is 10.9. The SMILES string of the molecule is Cc1ccc2sc(N(CCCN(C)C)C(=O)c3ccc(Cl)cc3)nc2c1C.Cl. The molecule has 0 aliphatic carbocycles. The quantitative estimate of drug-likeness (QED) is 0.504. The molecule has 0 N–H and O–H groups in total. The van der Waals surface area contributed by atoms with Gasteiger partial charge in [-0.15, -0.1) is 12.4 Å². The van der Waals surface area contributed by atoms with Crippen molar-refractivity contribution in [3.63, 3.8) is 0 Å². The molecular weight excluding hydrogens is 413 g/mol. The van der Waals surface area contributed by atoms with Gasteiger partial charge in [0.2, 0.25) is 0 Å². The molecule has 2 aromatic carbocycles. The summed E-state index contributed by atoms with van der Waals surface area (Å²) in [7, 11) is 4.07. The fourth-order valence-electron chi connectivity index (χ4n) is 2.91. The number of nitrogens with zero attached hydrogens (tertiary/aromatic N) is 3. The largest absolute Gasteiger partial charge is 0.309 e. The summed E-state index contributed by atoms with van der Waals surface area (Å²) in [5, 5.41) is 1.37.